The standard InChI is InChI=1S/C37H42ClN3O5S2/c1-6-46-34-19-13-12-18-32(34)41(48(44,45)30-22-20-29(47-5)21-23-30)26-35(42)40(25-28-16-10-11-17-31(28)38)33(36(43)39-37(2,3)4)24-27-14-8-7-9-15-27/h7-23,33H,6,24-26H2,1-5H3,(H,39,43)/t33-/m1/s1. The molecule has 1 N–H and O–H groups in total. The Labute approximate surface area is 293 Å². The summed E-state index contributed by atoms with van der Waals surface area (Å²) in [7, 11) is -4.29. The fourth-order valence-electron chi connectivity index (χ4n) is 5.15. The Morgan fingerprint density at radius 2 is 1.52 bits per heavy atom. The molecule has 11 heteroatoms. The number of carbonyl (C=O) groups excluding carboxylic acids is 2. The van der Waals surface area contributed by atoms with E-state index in [0.29, 0.717) is 16.3 Å². The van der Waals surface area contributed by atoms with Crippen LogP contribution < -0.4 is 14.4 Å². The summed E-state index contributed by atoms with van der Waals surface area (Å²) in [6, 6.07) is 28.7. The minimum atomic E-state index is -4.29. The molecular formula is C37H42ClN3O5S2. The first-order valence-corrected chi connectivity index (χ1v) is 18.7. The van der Waals surface area contributed by atoms with Crippen LogP contribution in [0.15, 0.2) is 113 Å². The fraction of sp³-hybridized carbons (Fsp3) is 0.297. The second-order valence-corrected chi connectivity index (χ2v) is 15.3. The van der Waals surface area contributed by atoms with Gasteiger partial charge in [-0.15, -0.1) is 11.8 Å². The summed E-state index contributed by atoms with van der Waals surface area (Å²) in [6.07, 6.45) is 2.10. The van der Waals surface area contributed by atoms with Crippen LogP contribution >= 0.6 is 23.4 Å². The number of thioether (sulfide) groups is 1. The van der Waals surface area contributed by atoms with Crippen LogP contribution in [0, 0.1) is 0 Å². The van der Waals surface area contributed by atoms with Gasteiger partial charge in [0, 0.05) is 28.4 Å². The van der Waals surface area contributed by atoms with Gasteiger partial charge >= 0.3 is 0 Å². The van der Waals surface area contributed by atoms with Crippen molar-refractivity contribution in [3.8, 4) is 5.75 Å². The molecule has 0 aliphatic rings. The van der Waals surface area contributed by atoms with Gasteiger partial charge in [0.05, 0.1) is 17.2 Å². The number of para-hydroxylation sites is 2. The van der Waals surface area contributed by atoms with E-state index in [1.165, 1.54) is 28.8 Å². The first-order chi connectivity index (χ1) is 22.8. The van der Waals surface area contributed by atoms with Gasteiger partial charge in [0.1, 0.15) is 18.3 Å². The van der Waals surface area contributed by atoms with Crippen LogP contribution in [0.4, 0.5) is 5.69 Å². The highest BCUT2D eigenvalue weighted by molar-refractivity contribution is 7.98. The minimum absolute atomic E-state index is 0.0170. The van der Waals surface area contributed by atoms with Gasteiger partial charge in [0.25, 0.3) is 10.0 Å². The van der Waals surface area contributed by atoms with Crippen LogP contribution in [-0.2, 0) is 32.6 Å². The summed E-state index contributed by atoms with van der Waals surface area (Å²) in [4.78, 5) is 31.2. The molecule has 0 aliphatic carbocycles. The van der Waals surface area contributed by atoms with Crippen molar-refractivity contribution in [2.45, 2.75) is 62.0 Å². The number of benzene rings is 4. The number of nitrogens with zero attached hydrogens (tertiary/aromatic N) is 2. The molecule has 48 heavy (non-hydrogen) atoms. The molecule has 254 valence electrons. The molecule has 0 fully saturated rings. The van der Waals surface area contributed by atoms with Gasteiger partial charge in [0.15, 0.2) is 0 Å². The number of anilines is 1. The Balaban J connectivity index is 1.86. The second-order valence-electron chi connectivity index (χ2n) is 12.1. The van der Waals surface area contributed by atoms with Crippen molar-refractivity contribution in [1.82, 2.24) is 10.2 Å². The van der Waals surface area contributed by atoms with Crippen LogP contribution in [0.1, 0.15) is 38.8 Å². The van der Waals surface area contributed by atoms with E-state index >= 15 is 0 Å². The van der Waals surface area contributed by atoms with Crippen molar-refractivity contribution in [2.75, 3.05) is 23.7 Å². The van der Waals surface area contributed by atoms with E-state index in [2.05, 4.69) is 5.32 Å². The van der Waals surface area contributed by atoms with Crippen LogP contribution in [0.3, 0.4) is 0 Å². The smallest absolute Gasteiger partial charge is 0.264 e. The molecule has 0 saturated heterocycles. The van der Waals surface area contributed by atoms with Crippen molar-refractivity contribution in [2.24, 2.45) is 0 Å². The lowest BCUT2D eigenvalue weighted by Crippen LogP contribution is -2.56. The topological polar surface area (TPSA) is 96.0 Å². The number of amides is 2. The van der Waals surface area contributed by atoms with Gasteiger partial charge in [-0.2, -0.15) is 0 Å². The number of carbonyl (C=O) groups is 2. The van der Waals surface area contributed by atoms with Crippen molar-refractivity contribution >= 4 is 50.9 Å². The first-order valence-electron chi connectivity index (χ1n) is 15.6. The predicted octanol–water partition coefficient (Wildman–Crippen LogP) is 7.21. The van der Waals surface area contributed by atoms with Crippen molar-refractivity contribution < 1.29 is 22.7 Å². The molecular weight excluding hydrogens is 666 g/mol. The van der Waals surface area contributed by atoms with Crippen molar-refractivity contribution in [1.29, 1.82) is 0 Å². The number of sulfonamides is 1. The van der Waals surface area contributed by atoms with E-state index in [-0.39, 0.29) is 36.1 Å². The lowest BCUT2D eigenvalue weighted by Gasteiger charge is -2.35. The quantitative estimate of drug-likeness (QED) is 0.139. The Morgan fingerprint density at radius 3 is 2.15 bits per heavy atom. The van der Waals surface area contributed by atoms with Gasteiger partial charge in [-0.05, 0) is 87.5 Å². The van der Waals surface area contributed by atoms with Crippen molar-refractivity contribution in [3.63, 3.8) is 0 Å². The predicted molar refractivity (Wildman–Crippen MR) is 194 cm³/mol. The molecule has 0 aliphatic heterocycles. The lowest BCUT2D eigenvalue weighted by molar-refractivity contribution is -0.140. The number of halogens is 1. The summed E-state index contributed by atoms with van der Waals surface area (Å²) in [5.41, 5.74) is 1.06. The molecule has 0 saturated carbocycles. The number of ether oxygens (including phenoxy) is 1. The maximum Gasteiger partial charge on any atom is 0.264 e. The molecule has 1 atom stereocenters. The largest absolute Gasteiger partial charge is 0.492 e. The number of rotatable bonds is 14. The maximum absolute atomic E-state index is 14.7. The summed E-state index contributed by atoms with van der Waals surface area (Å²) >= 11 is 8.09. The lowest BCUT2D eigenvalue weighted by atomic mass is 10.0. The summed E-state index contributed by atoms with van der Waals surface area (Å²) in [6.45, 7) is 7.05. The highest BCUT2D eigenvalue weighted by atomic mass is 35.5. The minimum Gasteiger partial charge on any atom is -0.492 e. The van der Waals surface area contributed by atoms with Gasteiger partial charge < -0.3 is 15.0 Å². The zero-order chi connectivity index (χ0) is 34.9. The van der Waals surface area contributed by atoms with E-state index < -0.39 is 34.1 Å². The van der Waals surface area contributed by atoms with Crippen LogP contribution in [0.25, 0.3) is 0 Å². The third kappa shape index (κ3) is 9.55. The number of hydrogen-bond acceptors (Lipinski definition) is 6. The zero-order valence-corrected chi connectivity index (χ0v) is 30.2. The molecule has 4 aromatic carbocycles. The molecule has 0 spiro atoms. The SMILES string of the molecule is CCOc1ccccc1N(CC(=O)N(Cc1ccccc1Cl)[C@H](Cc1ccccc1)C(=O)NC(C)(C)C)S(=O)(=O)c1ccc(SC)cc1. The average Bonchev–Trinajstić information content (AvgIpc) is 3.06. The van der Waals surface area contributed by atoms with Gasteiger partial charge in [-0.1, -0.05) is 72.3 Å². The van der Waals surface area contributed by atoms with Crippen molar-refractivity contribution in [3.05, 3.63) is 119 Å². The van der Waals surface area contributed by atoms with Gasteiger partial charge in [-0.25, -0.2) is 8.42 Å². The number of hydrogen-bond donors (Lipinski definition) is 1. The molecule has 0 aromatic heterocycles. The second kappa shape index (κ2) is 16.4. The molecule has 0 bridgehead atoms. The summed E-state index contributed by atoms with van der Waals surface area (Å²) in [5, 5.41) is 3.45. The van der Waals surface area contributed by atoms with Crippen LogP contribution in [-0.4, -0.2) is 56.1 Å². The highest BCUT2D eigenvalue weighted by Crippen LogP contribution is 2.33. The van der Waals surface area contributed by atoms with Gasteiger partial charge in [0.2, 0.25) is 11.8 Å². The normalized spacial score (nSPS) is 12.2. The molecule has 2 amide bonds. The molecule has 4 aromatic rings. The molecule has 4 rings (SSSR count). The maximum atomic E-state index is 14.7. The molecule has 0 radical (unpaired) electrons. The first kappa shape index (κ1) is 36.8. The monoisotopic (exact) mass is 707 g/mol. The average molecular weight is 708 g/mol. The van der Waals surface area contributed by atoms with Crippen LogP contribution in [0.2, 0.25) is 5.02 Å². The Bertz CT molecular complexity index is 1800. The highest BCUT2D eigenvalue weighted by Gasteiger charge is 2.36. The molecule has 0 unspecified atom stereocenters. The Hall–Kier alpha value is -3.99. The fourth-order valence-corrected chi connectivity index (χ4v) is 7.17. The van der Waals surface area contributed by atoms with E-state index in [1.807, 2.05) is 57.4 Å². The number of nitrogens with one attached hydrogen (secondary N) is 1. The summed E-state index contributed by atoms with van der Waals surface area (Å²) in [5.74, 6) is -0.653. The summed E-state index contributed by atoms with van der Waals surface area (Å²) < 4.78 is 35.8. The van der Waals surface area contributed by atoms with E-state index in [4.69, 9.17) is 16.3 Å². The van der Waals surface area contributed by atoms with E-state index in [1.54, 1.807) is 67.6 Å². The third-order valence-electron chi connectivity index (χ3n) is 7.43. The third-order valence-corrected chi connectivity index (χ3v) is 10.3. The Kier molecular flexibility index (Phi) is 12.6. The molecule has 8 nitrogen and oxygen atoms in total. The van der Waals surface area contributed by atoms with Crippen LogP contribution in [0.5, 0.6) is 5.75 Å². The van der Waals surface area contributed by atoms with Gasteiger partial charge in [-0.3, -0.25) is 13.9 Å². The zero-order valence-electron chi connectivity index (χ0n) is 27.9. The molecule has 0 heterocycles. The Morgan fingerprint density at radius 1 is 0.896 bits per heavy atom. The van der Waals surface area contributed by atoms with E-state index in [9.17, 15) is 18.0 Å². The van der Waals surface area contributed by atoms with E-state index in [0.717, 1.165) is 14.8 Å².